The third kappa shape index (κ3) is 9.56. The van der Waals surface area contributed by atoms with Crippen LogP contribution in [0.15, 0.2) is 12.3 Å². The van der Waals surface area contributed by atoms with E-state index < -0.39 is 5.97 Å². The first kappa shape index (κ1) is 15.0. The Kier molecular flexibility index (Phi) is 9.87. The standard InChI is InChI=1S/C13H25NO2/c1-3-4-5-6-7-8-9-10-11-14-12(2)13(15)16/h14H,2-11H2,1H3,(H,15,16). The van der Waals surface area contributed by atoms with Gasteiger partial charge in [0.15, 0.2) is 0 Å². The predicted molar refractivity (Wildman–Crippen MR) is 67.4 cm³/mol. The summed E-state index contributed by atoms with van der Waals surface area (Å²) in [4.78, 5) is 10.4. The lowest BCUT2D eigenvalue weighted by molar-refractivity contribution is -0.133. The number of nitrogens with one attached hydrogen (secondary N) is 1. The lowest BCUT2D eigenvalue weighted by Gasteiger charge is -2.05. The molecule has 0 atom stereocenters. The van der Waals surface area contributed by atoms with Crippen LogP contribution in [0, 0.1) is 0 Å². The number of carbonyl (C=O) groups is 1. The average molecular weight is 227 g/mol. The van der Waals surface area contributed by atoms with E-state index in [2.05, 4.69) is 18.8 Å². The summed E-state index contributed by atoms with van der Waals surface area (Å²) in [6.07, 6.45) is 10.1. The van der Waals surface area contributed by atoms with Crippen molar-refractivity contribution in [2.24, 2.45) is 0 Å². The SMILES string of the molecule is C=C(NCCCCCCCCCC)C(=O)O. The van der Waals surface area contributed by atoms with Gasteiger partial charge in [-0.1, -0.05) is 58.4 Å². The first-order chi connectivity index (χ1) is 7.68. The van der Waals surface area contributed by atoms with E-state index in [-0.39, 0.29) is 5.70 Å². The van der Waals surface area contributed by atoms with Gasteiger partial charge < -0.3 is 10.4 Å². The van der Waals surface area contributed by atoms with Crippen molar-refractivity contribution in [2.75, 3.05) is 6.54 Å². The number of carboxylic acid groups (broad SMARTS) is 1. The van der Waals surface area contributed by atoms with Crippen molar-refractivity contribution in [1.82, 2.24) is 5.32 Å². The zero-order chi connectivity index (χ0) is 12.2. The van der Waals surface area contributed by atoms with Crippen LogP contribution in [0.5, 0.6) is 0 Å². The first-order valence-corrected chi connectivity index (χ1v) is 6.34. The monoisotopic (exact) mass is 227 g/mol. The molecule has 0 aromatic carbocycles. The van der Waals surface area contributed by atoms with Crippen molar-refractivity contribution in [3.8, 4) is 0 Å². The van der Waals surface area contributed by atoms with Crippen LogP contribution >= 0.6 is 0 Å². The fraction of sp³-hybridized carbons (Fsp3) is 0.769. The smallest absolute Gasteiger partial charge is 0.351 e. The van der Waals surface area contributed by atoms with Crippen LogP contribution in [0.3, 0.4) is 0 Å². The van der Waals surface area contributed by atoms with Crippen molar-refractivity contribution in [2.45, 2.75) is 58.3 Å². The Morgan fingerprint density at radius 1 is 1.06 bits per heavy atom. The Hall–Kier alpha value is -0.990. The quantitative estimate of drug-likeness (QED) is 0.420. The number of hydrogen-bond acceptors (Lipinski definition) is 2. The molecule has 0 aromatic heterocycles. The van der Waals surface area contributed by atoms with Crippen LogP contribution in [0.2, 0.25) is 0 Å². The highest BCUT2D eigenvalue weighted by Gasteiger charge is 2.00. The van der Waals surface area contributed by atoms with E-state index in [9.17, 15) is 4.79 Å². The highest BCUT2D eigenvalue weighted by Crippen LogP contribution is 2.07. The molecule has 0 spiro atoms. The molecule has 0 heterocycles. The molecule has 0 aliphatic rings. The molecule has 0 aliphatic heterocycles. The molecule has 0 rings (SSSR count). The number of carboxylic acids is 1. The normalized spacial score (nSPS) is 10.1. The van der Waals surface area contributed by atoms with Crippen LogP contribution < -0.4 is 5.32 Å². The second-order valence-corrected chi connectivity index (χ2v) is 4.19. The van der Waals surface area contributed by atoms with Gasteiger partial charge in [-0.2, -0.15) is 0 Å². The summed E-state index contributed by atoms with van der Waals surface area (Å²) >= 11 is 0. The Labute approximate surface area is 98.9 Å². The molecule has 0 aromatic rings. The largest absolute Gasteiger partial charge is 0.477 e. The molecule has 0 saturated carbocycles. The van der Waals surface area contributed by atoms with Gasteiger partial charge in [-0.25, -0.2) is 4.79 Å². The molecule has 0 unspecified atom stereocenters. The molecular weight excluding hydrogens is 202 g/mol. The number of hydrogen-bond donors (Lipinski definition) is 2. The maximum absolute atomic E-state index is 10.4. The lowest BCUT2D eigenvalue weighted by atomic mass is 10.1. The minimum atomic E-state index is -0.959. The van der Waals surface area contributed by atoms with E-state index in [0.717, 1.165) is 13.0 Å². The van der Waals surface area contributed by atoms with E-state index in [1.54, 1.807) is 0 Å². The molecule has 3 heteroatoms. The van der Waals surface area contributed by atoms with Gasteiger partial charge in [-0.05, 0) is 6.42 Å². The van der Waals surface area contributed by atoms with Gasteiger partial charge in [-0.15, -0.1) is 0 Å². The van der Waals surface area contributed by atoms with Gasteiger partial charge >= 0.3 is 5.97 Å². The molecule has 0 amide bonds. The van der Waals surface area contributed by atoms with Crippen LogP contribution in [-0.4, -0.2) is 17.6 Å². The second-order valence-electron chi connectivity index (χ2n) is 4.19. The Morgan fingerprint density at radius 2 is 1.56 bits per heavy atom. The van der Waals surface area contributed by atoms with Crippen LogP contribution in [0.1, 0.15) is 58.3 Å². The van der Waals surface area contributed by atoms with E-state index >= 15 is 0 Å². The van der Waals surface area contributed by atoms with Gasteiger partial charge in [0.05, 0.1) is 0 Å². The van der Waals surface area contributed by atoms with Crippen LogP contribution in [0.25, 0.3) is 0 Å². The highest BCUT2D eigenvalue weighted by atomic mass is 16.4. The van der Waals surface area contributed by atoms with Crippen molar-refractivity contribution in [3.63, 3.8) is 0 Å². The van der Waals surface area contributed by atoms with Crippen LogP contribution in [0.4, 0.5) is 0 Å². The van der Waals surface area contributed by atoms with Crippen LogP contribution in [-0.2, 0) is 4.79 Å². The molecule has 16 heavy (non-hydrogen) atoms. The number of rotatable bonds is 11. The third-order valence-electron chi connectivity index (χ3n) is 2.63. The zero-order valence-corrected chi connectivity index (χ0v) is 10.4. The second kappa shape index (κ2) is 10.5. The highest BCUT2D eigenvalue weighted by molar-refractivity contribution is 5.84. The summed E-state index contributed by atoms with van der Waals surface area (Å²) in [5, 5.41) is 11.3. The van der Waals surface area contributed by atoms with Gasteiger partial charge in [0.2, 0.25) is 0 Å². The summed E-state index contributed by atoms with van der Waals surface area (Å²) in [7, 11) is 0. The fourth-order valence-electron chi connectivity index (χ4n) is 1.57. The Balaban J connectivity index is 3.10. The molecule has 0 saturated heterocycles. The first-order valence-electron chi connectivity index (χ1n) is 6.34. The lowest BCUT2D eigenvalue weighted by Crippen LogP contribution is -2.20. The van der Waals surface area contributed by atoms with Crippen molar-refractivity contribution in [3.05, 3.63) is 12.3 Å². The number of aliphatic carboxylic acids is 1. The molecule has 3 nitrogen and oxygen atoms in total. The number of unbranched alkanes of at least 4 members (excludes halogenated alkanes) is 7. The van der Waals surface area contributed by atoms with Gasteiger partial charge in [0, 0.05) is 6.54 Å². The Bertz CT molecular complexity index is 202. The van der Waals surface area contributed by atoms with Crippen molar-refractivity contribution >= 4 is 5.97 Å². The van der Waals surface area contributed by atoms with E-state index in [0.29, 0.717) is 0 Å². The molecule has 0 aliphatic carbocycles. The van der Waals surface area contributed by atoms with Gasteiger partial charge in [-0.3, -0.25) is 0 Å². The summed E-state index contributed by atoms with van der Waals surface area (Å²) in [6, 6.07) is 0. The molecule has 0 radical (unpaired) electrons. The summed E-state index contributed by atoms with van der Waals surface area (Å²) < 4.78 is 0. The van der Waals surface area contributed by atoms with E-state index in [1.807, 2.05) is 0 Å². The van der Waals surface area contributed by atoms with Gasteiger partial charge in [0.1, 0.15) is 5.70 Å². The topological polar surface area (TPSA) is 49.3 Å². The molecule has 0 bridgehead atoms. The van der Waals surface area contributed by atoms with Crippen molar-refractivity contribution < 1.29 is 9.90 Å². The maximum atomic E-state index is 10.4. The molecule has 94 valence electrons. The maximum Gasteiger partial charge on any atom is 0.351 e. The molecular formula is C13H25NO2. The van der Waals surface area contributed by atoms with Gasteiger partial charge in [0.25, 0.3) is 0 Å². The zero-order valence-electron chi connectivity index (χ0n) is 10.4. The molecule has 2 N–H and O–H groups in total. The van der Waals surface area contributed by atoms with E-state index in [1.165, 1.54) is 44.9 Å². The third-order valence-corrected chi connectivity index (χ3v) is 2.63. The van der Waals surface area contributed by atoms with E-state index in [4.69, 9.17) is 5.11 Å². The summed E-state index contributed by atoms with van der Waals surface area (Å²) in [5.74, 6) is -0.959. The van der Waals surface area contributed by atoms with Crippen molar-refractivity contribution in [1.29, 1.82) is 0 Å². The molecule has 0 fully saturated rings. The fourth-order valence-corrected chi connectivity index (χ4v) is 1.57. The Morgan fingerprint density at radius 3 is 2.06 bits per heavy atom. The minimum absolute atomic E-state index is 0.0999. The summed E-state index contributed by atoms with van der Waals surface area (Å²) in [5.41, 5.74) is 0.0999. The minimum Gasteiger partial charge on any atom is -0.477 e. The summed E-state index contributed by atoms with van der Waals surface area (Å²) in [6.45, 7) is 6.36. The predicted octanol–water partition coefficient (Wildman–Crippen LogP) is 3.32. The average Bonchev–Trinajstić information content (AvgIpc) is 2.26.